The number of ether oxygens (including phenoxy) is 1. The second kappa shape index (κ2) is 4.75. The van der Waals surface area contributed by atoms with Crippen LogP contribution < -0.4 is 4.74 Å². The first-order chi connectivity index (χ1) is 9.12. The molecule has 1 aromatic carbocycles. The molecule has 1 heterocycles. The molecular formula is C14H14F4O2. The van der Waals surface area contributed by atoms with Crippen molar-refractivity contribution in [2.45, 2.75) is 26.4 Å². The number of alkyl halides is 3. The number of fused-ring (bicyclic) bond motifs is 1. The molecule has 1 aromatic rings. The molecule has 0 amide bonds. The van der Waals surface area contributed by atoms with Crippen molar-refractivity contribution in [3.05, 3.63) is 29.6 Å². The third kappa shape index (κ3) is 2.64. The van der Waals surface area contributed by atoms with Gasteiger partial charge in [0.1, 0.15) is 11.6 Å². The SMILES string of the molecule is CC(C)(CC1COc2cc(F)ccc2C1=O)C(F)(F)F. The van der Waals surface area contributed by atoms with Gasteiger partial charge in [0.25, 0.3) is 0 Å². The number of ketones is 1. The summed E-state index contributed by atoms with van der Waals surface area (Å²) in [7, 11) is 0. The summed E-state index contributed by atoms with van der Waals surface area (Å²) >= 11 is 0. The molecule has 0 aromatic heterocycles. The average Bonchev–Trinajstić information content (AvgIpc) is 2.31. The molecule has 1 unspecified atom stereocenters. The zero-order valence-electron chi connectivity index (χ0n) is 11.1. The molecule has 2 nitrogen and oxygen atoms in total. The quantitative estimate of drug-likeness (QED) is 0.770. The number of hydrogen-bond acceptors (Lipinski definition) is 2. The fourth-order valence-electron chi connectivity index (χ4n) is 2.19. The van der Waals surface area contributed by atoms with E-state index < -0.39 is 29.1 Å². The van der Waals surface area contributed by atoms with Crippen LogP contribution in [0.4, 0.5) is 17.6 Å². The molecule has 0 N–H and O–H groups in total. The van der Waals surface area contributed by atoms with E-state index in [1.54, 1.807) is 0 Å². The van der Waals surface area contributed by atoms with Gasteiger partial charge in [-0.25, -0.2) is 4.39 Å². The molecule has 0 radical (unpaired) electrons. The third-order valence-electron chi connectivity index (χ3n) is 3.54. The van der Waals surface area contributed by atoms with Crippen molar-refractivity contribution in [1.82, 2.24) is 0 Å². The van der Waals surface area contributed by atoms with E-state index in [1.165, 1.54) is 6.07 Å². The highest BCUT2D eigenvalue weighted by Crippen LogP contribution is 2.44. The van der Waals surface area contributed by atoms with E-state index in [4.69, 9.17) is 4.74 Å². The lowest BCUT2D eigenvalue weighted by atomic mass is 9.78. The van der Waals surface area contributed by atoms with E-state index in [1.807, 2.05) is 0 Å². The first-order valence-corrected chi connectivity index (χ1v) is 6.15. The third-order valence-corrected chi connectivity index (χ3v) is 3.54. The molecule has 0 fully saturated rings. The molecule has 0 bridgehead atoms. The van der Waals surface area contributed by atoms with Crippen LogP contribution >= 0.6 is 0 Å². The summed E-state index contributed by atoms with van der Waals surface area (Å²) in [5.74, 6) is -1.75. The summed E-state index contributed by atoms with van der Waals surface area (Å²) in [4.78, 5) is 12.2. The van der Waals surface area contributed by atoms with E-state index in [2.05, 4.69) is 0 Å². The van der Waals surface area contributed by atoms with Gasteiger partial charge in [-0.3, -0.25) is 4.79 Å². The monoisotopic (exact) mass is 290 g/mol. The van der Waals surface area contributed by atoms with Crippen LogP contribution in [0.15, 0.2) is 18.2 Å². The lowest BCUT2D eigenvalue weighted by Gasteiger charge is -2.33. The van der Waals surface area contributed by atoms with E-state index in [9.17, 15) is 22.4 Å². The predicted molar refractivity (Wildman–Crippen MR) is 64.2 cm³/mol. The first kappa shape index (κ1) is 14.8. The van der Waals surface area contributed by atoms with Crippen LogP contribution in [0.5, 0.6) is 5.75 Å². The van der Waals surface area contributed by atoms with E-state index in [0.717, 1.165) is 26.0 Å². The molecule has 1 aliphatic heterocycles. The van der Waals surface area contributed by atoms with Crippen molar-refractivity contribution in [2.75, 3.05) is 6.61 Å². The van der Waals surface area contributed by atoms with Crippen molar-refractivity contribution in [3.63, 3.8) is 0 Å². The normalized spacial score (nSPS) is 19.5. The Labute approximate surface area is 113 Å². The van der Waals surface area contributed by atoms with Gasteiger partial charge in [0, 0.05) is 6.07 Å². The smallest absolute Gasteiger partial charge is 0.394 e. The van der Waals surface area contributed by atoms with Crippen LogP contribution in [0.25, 0.3) is 0 Å². The van der Waals surface area contributed by atoms with Gasteiger partial charge < -0.3 is 4.74 Å². The van der Waals surface area contributed by atoms with Crippen molar-refractivity contribution in [1.29, 1.82) is 0 Å². The maximum Gasteiger partial charge on any atom is 0.394 e. The van der Waals surface area contributed by atoms with Gasteiger partial charge in [0.2, 0.25) is 0 Å². The molecule has 2 rings (SSSR count). The Bertz CT molecular complexity index is 534. The highest BCUT2D eigenvalue weighted by Gasteiger charge is 2.49. The van der Waals surface area contributed by atoms with Crippen molar-refractivity contribution in [3.8, 4) is 5.75 Å². The summed E-state index contributed by atoms with van der Waals surface area (Å²) in [5.41, 5.74) is -1.84. The van der Waals surface area contributed by atoms with E-state index in [0.29, 0.717) is 0 Å². The Morgan fingerprint density at radius 1 is 1.30 bits per heavy atom. The predicted octanol–water partition coefficient (Wildman–Crippen LogP) is 4.00. The molecule has 6 heteroatoms. The summed E-state index contributed by atoms with van der Waals surface area (Å²) in [6.45, 7) is 1.95. The van der Waals surface area contributed by atoms with Gasteiger partial charge in [0.15, 0.2) is 5.78 Å². The molecule has 0 saturated carbocycles. The van der Waals surface area contributed by atoms with Gasteiger partial charge >= 0.3 is 6.18 Å². The maximum absolute atomic E-state index is 13.0. The van der Waals surface area contributed by atoms with Crippen LogP contribution in [0.3, 0.4) is 0 Å². The Balaban J connectivity index is 2.22. The van der Waals surface area contributed by atoms with Crippen LogP contribution in [0.1, 0.15) is 30.6 Å². The highest BCUT2D eigenvalue weighted by molar-refractivity contribution is 6.01. The zero-order chi connectivity index (χ0) is 15.1. The topological polar surface area (TPSA) is 26.3 Å². The molecule has 1 aliphatic rings. The highest BCUT2D eigenvalue weighted by atomic mass is 19.4. The first-order valence-electron chi connectivity index (χ1n) is 6.15. The van der Waals surface area contributed by atoms with Crippen molar-refractivity contribution < 1.29 is 27.1 Å². The Morgan fingerprint density at radius 3 is 2.55 bits per heavy atom. The van der Waals surface area contributed by atoms with E-state index in [-0.39, 0.29) is 24.3 Å². The minimum atomic E-state index is -4.39. The molecule has 110 valence electrons. The Morgan fingerprint density at radius 2 is 1.95 bits per heavy atom. The number of carbonyl (C=O) groups is 1. The van der Waals surface area contributed by atoms with Gasteiger partial charge in [-0.2, -0.15) is 13.2 Å². The number of carbonyl (C=O) groups excluding carboxylic acids is 1. The fraction of sp³-hybridized carbons (Fsp3) is 0.500. The summed E-state index contributed by atoms with van der Waals surface area (Å²) < 4.78 is 56.8. The maximum atomic E-state index is 13.0. The van der Waals surface area contributed by atoms with Crippen molar-refractivity contribution >= 4 is 5.78 Å². The molecule has 0 spiro atoms. The molecule has 20 heavy (non-hydrogen) atoms. The number of Topliss-reactive ketones (excluding diaryl/α,β-unsaturated/α-hetero) is 1. The van der Waals surface area contributed by atoms with Crippen LogP contribution in [-0.2, 0) is 0 Å². The zero-order valence-corrected chi connectivity index (χ0v) is 11.1. The largest absolute Gasteiger partial charge is 0.492 e. The van der Waals surface area contributed by atoms with Gasteiger partial charge in [-0.05, 0) is 18.6 Å². The standard InChI is InChI=1S/C14H14F4O2/c1-13(2,14(16,17)18)6-8-7-20-11-5-9(15)3-4-10(11)12(8)19/h3-5,8H,6-7H2,1-2H3. The second-order valence-electron chi connectivity index (χ2n) is 5.60. The summed E-state index contributed by atoms with van der Waals surface area (Å²) in [6, 6.07) is 3.41. The van der Waals surface area contributed by atoms with Gasteiger partial charge in [-0.15, -0.1) is 0 Å². The van der Waals surface area contributed by atoms with Crippen LogP contribution in [-0.4, -0.2) is 18.6 Å². The number of rotatable bonds is 2. The molecular weight excluding hydrogens is 276 g/mol. The fourth-order valence-corrected chi connectivity index (χ4v) is 2.19. The summed E-state index contributed by atoms with van der Waals surface area (Å²) in [6.07, 6.45) is -4.75. The molecule has 0 aliphatic carbocycles. The lowest BCUT2D eigenvalue weighted by Crippen LogP contribution is -2.39. The van der Waals surface area contributed by atoms with E-state index >= 15 is 0 Å². The number of halogens is 4. The number of benzene rings is 1. The lowest BCUT2D eigenvalue weighted by molar-refractivity contribution is -0.216. The van der Waals surface area contributed by atoms with Gasteiger partial charge in [0.05, 0.1) is 23.5 Å². The number of hydrogen-bond donors (Lipinski definition) is 0. The second-order valence-corrected chi connectivity index (χ2v) is 5.60. The van der Waals surface area contributed by atoms with Crippen molar-refractivity contribution in [2.24, 2.45) is 11.3 Å². The Hall–Kier alpha value is -1.59. The Kier molecular flexibility index (Phi) is 3.52. The van der Waals surface area contributed by atoms with Crippen LogP contribution in [0.2, 0.25) is 0 Å². The minimum absolute atomic E-state index is 0.0936. The minimum Gasteiger partial charge on any atom is -0.492 e. The summed E-state index contributed by atoms with van der Waals surface area (Å²) in [5, 5.41) is 0. The molecule has 0 saturated heterocycles. The average molecular weight is 290 g/mol. The van der Waals surface area contributed by atoms with Gasteiger partial charge in [-0.1, -0.05) is 13.8 Å². The van der Waals surface area contributed by atoms with Crippen LogP contribution in [0, 0.1) is 17.2 Å². The molecule has 1 atom stereocenters.